The van der Waals surface area contributed by atoms with Crippen LogP contribution < -0.4 is 3.53 Å². The third kappa shape index (κ3) is 2.78. The molecule has 0 saturated carbocycles. The lowest BCUT2D eigenvalue weighted by Crippen LogP contribution is -2.43. The molecule has 0 radical (unpaired) electrons. The summed E-state index contributed by atoms with van der Waals surface area (Å²) in [5.74, 6) is 0. The summed E-state index contributed by atoms with van der Waals surface area (Å²) in [7, 11) is 1.82. The maximum Gasteiger partial charge on any atom is 0.0948 e. The Hall–Kier alpha value is 0.610. The molecule has 0 amide bonds. The summed E-state index contributed by atoms with van der Waals surface area (Å²) in [5, 5.41) is 0. The van der Waals surface area contributed by atoms with Gasteiger partial charge in [0.05, 0.1) is 5.60 Å². The maximum atomic E-state index is 5.61. The van der Waals surface area contributed by atoms with Gasteiger partial charge in [-0.15, -0.1) is 0 Å². The van der Waals surface area contributed by atoms with E-state index in [1.54, 1.807) is 0 Å². The smallest absolute Gasteiger partial charge is 0.0948 e. The summed E-state index contributed by atoms with van der Waals surface area (Å²) >= 11 is 2.19. The van der Waals surface area contributed by atoms with Crippen LogP contribution in [0, 0.1) is 0 Å². The van der Waals surface area contributed by atoms with Crippen molar-refractivity contribution in [2.45, 2.75) is 31.9 Å². The van der Waals surface area contributed by atoms with Crippen LogP contribution in [0.5, 0.6) is 0 Å². The Morgan fingerprint density at radius 1 is 1.62 bits per heavy atom. The zero-order chi connectivity index (χ0) is 9.90. The Balaban J connectivity index is 2.52. The van der Waals surface area contributed by atoms with Gasteiger partial charge in [-0.05, 0) is 20.3 Å². The van der Waals surface area contributed by atoms with Crippen LogP contribution in [0.15, 0.2) is 0 Å². The molecule has 1 fully saturated rings. The topological polar surface area (TPSA) is 24.5 Å². The van der Waals surface area contributed by atoms with Crippen molar-refractivity contribution in [1.82, 2.24) is 8.43 Å². The Labute approximate surface area is 94.7 Å². The molecule has 0 aromatic heterocycles. The van der Waals surface area contributed by atoms with E-state index in [1.165, 1.54) is 0 Å². The van der Waals surface area contributed by atoms with Gasteiger partial charge < -0.3 is 4.74 Å². The van der Waals surface area contributed by atoms with Crippen LogP contribution in [0.25, 0.3) is 0 Å². The van der Waals surface area contributed by atoms with E-state index in [9.17, 15) is 0 Å². The van der Waals surface area contributed by atoms with Crippen LogP contribution in [0.2, 0.25) is 0 Å². The molecule has 1 N–H and O–H groups in total. The number of ether oxygens (including phenoxy) is 1. The molecule has 1 saturated heterocycles. The number of nitrogens with zero attached hydrogens (tertiary/aromatic N) is 1. The fraction of sp³-hybridized carbons (Fsp3) is 1.00. The van der Waals surface area contributed by atoms with E-state index in [2.05, 4.69) is 45.1 Å². The normalized spacial score (nSPS) is 30.2. The molecule has 0 aliphatic carbocycles. The van der Waals surface area contributed by atoms with E-state index in [-0.39, 0.29) is 5.60 Å². The molecule has 0 spiro atoms. The Morgan fingerprint density at radius 3 is 2.69 bits per heavy atom. The predicted molar refractivity (Wildman–Crippen MR) is 63.1 cm³/mol. The minimum Gasteiger partial charge on any atom is -0.375 e. The van der Waals surface area contributed by atoms with Gasteiger partial charge in [0, 0.05) is 55.7 Å². The Morgan fingerprint density at radius 2 is 2.31 bits per heavy atom. The van der Waals surface area contributed by atoms with E-state index in [4.69, 9.17) is 4.74 Å². The van der Waals surface area contributed by atoms with Crippen molar-refractivity contribution in [3.63, 3.8) is 0 Å². The first kappa shape index (κ1) is 11.7. The number of methoxy groups -OCH3 is 1. The van der Waals surface area contributed by atoms with Crippen molar-refractivity contribution < 1.29 is 4.74 Å². The van der Waals surface area contributed by atoms with Gasteiger partial charge in [0.1, 0.15) is 0 Å². The number of nitrogens with one attached hydrogen (secondary N) is 1. The largest absolute Gasteiger partial charge is 0.375 e. The van der Waals surface area contributed by atoms with Crippen LogP contribution >= 0.6 is 22.9 Å². The van der Waals surface area contributed by atoms with Crippen molar-refractivity contribution in [2.75, 3.05) is 26.7 Å². The Kier molecular flexibility index (Phi) is 4.41. The highest BCUT2D eigenvalue weighted by molar-refractivity contribution is 14.1. The first-order valence-corrected chi connectivity index (χ1v) is 5.84. The highest BCUT2D eigenvalue weighted by Gasteiger charge is 2.38. The minimum absolute atomic E-state index is 0.0471. The molecular weight excluding hydrogens is 279 g/mol. The van der Waals surface area contributed by atoms with Crippen molar-refractivity contribution in [2.24, 2.45) is 0 Å². The fourth-order valence-electron chi connectivity index (χ4n) is 1.82. The molecule has 1 atom stereocenters. The molecule has 0 bridgehead atoms. The van der Waals surface area contributed by atoms with Crippen LogP contribution in [-0.2, 0) is 4.74 Å². The molecule has 4 heteroatoms. The minimum atomic E-state index is 0.0471. The fourth-order valence-corrected chi connectivity index (χ4v) is 2.52. The van der Waals surface area contributed by atoms with E-state index in [1.807, 2.05) is 7.11 Å². The third-order valence-corrected chi connectivity index (χ3v) is 3.28. The van der Waals surface area contributed by atoms with Gasteiger partial charge in [0.25, 0.3) is 0 Å². The van der Waals surface area contributed by atoms with Gasteiger partial charge in [-0.25, -0.2) is 0 Å². The van der Waals surface area contributed by atoms with Gasteiger partial charge >= 0.3 is 0 Å². The Bertz CT molecular complexity index is 166. The van der Waals surface area contributed by atoms with E-state index < -0.39 is 0 Å². The molecule has 1 aliphatic rings. The first-order chi connectivity index (χ1) is 6.13. The molecule has 1 rings (SSSR count). The third-order valence-electron chi connectivity index (χ3n) is 2.90. The zero-order valence-corrected chi connectivity index (χ0v) is 10.8. The molecular formula is C9H19IN2O. The zero-order valence-electron chi connectivity index (χ0n) is 8.64. The number of hydrogen-bond donors (Lipinski definition) is 1. The van der Waals surface area contributed by atoms with Crippen molar-refractivity contribution in [1.29, 1.82) is 0 Å². The van der Waals surface area contributed by atoms with Gasteiger partial charge in [-0.1, -0.05) is 0 Å². The standard InChI is InChI=1S/C9H19IN2O/c1-8(2)12-5-4-9(7-12,13-3)6-11-10/h8,11H,4-7H2,1-3H3. The molecule has 1 aliphatic heterocycles. The monoisotopic (exact) mass is 298 g/mol. The summed E-state index contributed by atoms with van der Waals surface area (Å²) in [6, 6.07) is 0.631. The average Bonchev–Trinajstić information content (AvgIpc) is 2.51. The second-order valence-electron chi connectivity index (χ2n) is 4.01. The summed E-state index contributed by atoms with van der Waals surface area (Å²) < 4.78 is 8.79. The van der Waals surface area contributed by atoms with E-state index in [0.29, 0.717) is 6.04 Å². The molecule has 1 unspecified atom stereocenters. The highest BCUT2D eigenvalue weighted by atomic mass is 127. The lowest BCUT2D eigenvalue weighted by atomic mass is 10.0. The van der Waals surface area contributed by atoms with Gasteiger partial charge in [-0.3, -0.25) is 8.43 Å². The molecule has 1 heterocycles. The first-order valence-electron chi connectivity index (χ1n) is 4.76. The highest BCUT2D eigenvalue weighted by Crippen LogP contribution is 2.25. The maximum absolute atomic E-state index is 5.61. The number of likely N-dealkylation sites (tertiary alicyclic amines) is 1. The van der Waals surface area contributed by atoms with Crippen LogP contribution in [0.3, 0.4) is 0 Å². The molecule has 13 heavy (non-hydrogen) atoms. The summed E-state index contributed by atoms with van der Waals surface area (Å²) in [4.78, 5) is 2.47. The summed E-state index contributed by atoms with van der Waals surface area (Å²) in [6.07, 6.45) is 1.14. The quantitative estimate of drug-likeness (QED) is 0.627. The summed E-state index contributed by atoms with van der Waals surface area (Å²) in [5.41, 5.74) is 0.0471. The predicted octanol–water partition coefficient (Wildman–Crippen LogP) is 1.43. The second-order valence-corrected chi connectivity index (χ2v) is 4.77. The van der Waals surface area contributed by atoms with Gasteiger partial charge in [-0.2, -0.15) is 0 Å². The van der Waals surface area contributed by atoms with Gasteiger partial charge in [0.2, 0.25) is 0 Å². The van der Waals surface area contributed by atoms with Crippen molar-refractivity contribution >= 4 is 22.9 Å². The van der Waals surface area contributed by atoms with Crippen LogP contribution in [0.1, 0.15) is 20.3 Å². The molecule has 3 nitrogen and oxygen atoms in total. The van der Waals surface area contributed by atoms with Crippen molar-refractivity contribution in [3.8, 4) is 0 Å². The van der Waals surface area contributed by atoms with Crippen LogP contribution in [0.4, 0.5) is 0 Å². The second kappa shape index (κ2) is 4.91. The molecule has 0 aromatic rings. The molecule has 78 valence electrons. The number of halogens is 1. The number of hydrogen-bond acceptors (Lipinski definition) is 3. The van der Waals surface area contributed by atoms with Crippen molar-refractivity contribution in [3.05, 3.63) is 0 Å². The van der Waals surface area contributed by atoms with Crippen LogP contribution in [-0.4, -0.2) is 43.3 Å². The molecule has 0 aromatic carbocycles. The van der Waals surface area contributed by atoms with Gasteiger partial charge in [0.15, 0.2) is 0 Å². The summed E-state index contributed by atoms with van der Waals surface area (Å²) in [6.45, 7) is 7.63. The SMILES string of the molecule is COC1(CNI)CCN(C(C)C)C1. The number of rotatable bonds is 4. The van der Waals surface area contributed by atoms with E-state index in [0.717, 1.165) is 26.1 Å². The lowest BCUT2D eigenvalue weighted by molar-refractivity contribution is 0.00241. The van der Waals surface area contributed by atoms with E-state index >= 15 is 0 Å². The lowest BCUT2D eigenvalue weighted by Gasteiger charge is -2.28. The average molecular weight is 298 g/mol.